The lowest BCUT2D eigenvalue weighted by Crippen LogP contribution is -2.24. The van der Waals surface area contributed by atoms with Crippen LogP contribution in [0.5, 0.6) is 0 Å². The van der Waals surface area contributed by atoms with Gasteiger partial charge < -0.3 is 10.1 Å². The lowest BCUT2D eigenvalue weighted by Gasteiger charge is -2.19. The van der Waals surface area contributed by atoms with Crippen LogP contribution in [0.4, 0.5) is 5.82 Å². The number of carbonyl (C=O) groups excluding carboxylic acids is 1. The molecule has 0 saturated heterocycles. The number of carbonyl (C=O) groups is 1. The smallest absolute Gasteiger partial charge is 0.341 e. The topological polar surface area (TPSA) is 64.1 Å². The molecule has 6 heteroatoms. The van der Waals surface area contributed by atoms with Gasteiger partial charge in [-0.3, -0.25) is 0 Å². The van der Waals surface area contributed by atoms with Gasteiger partial charge in [0.15, 0.2) is 0 Å². The lowest BCUT2D eigenvalue weighted by atomic mass is 10.1. The second-order valence-corrected chi connectivity index (χ2v) is 5.88. The van der Waals surface area contributed by atoms with Crippen LogP contribution >= 0.6 is 15.9 Å². The van der Waals surface area contributed by atoms with E-state index in [0.717, 1.165) is 23.0 Å². The fourth-order valence-electron chi connectivity index (χ4n) is 2.20. The van der Waals surface area contributed by atoms with Crippen LogP contribution in [0.1, 0.15) is 36.2 Å². The van der Waals surface area contributed by atoms with Crippen molar-refractivity contribution in [2.45, 2.75) is 32.7 Å². The van der Waals surface area contributed by atoms with Crippen LogP contribution in [0.2, 0.25) is 0 Å². The molecule has 2 aromatic heterocycles. The van der Waals surface area contributed by atoms with E-state index in [1.165, 1.54) is 0 Å². The maximum Gasteiger partial charge on any atom is 0.341 e. The van der Waals surface area contributed by atoms with Crippen molar-refractivity contribution >= 4 is 27.7 Å². The number of pyridine rings is 2. The summed E-state index contributed by atoms with van der Waals surface area (Å²) in [6.45, 7) is 4.22. The monoisotopic (exact) mass is 377 g/mol. The maximum atomic E-state index is 12.0. The molecule has 5 nitrogen and oxygen atoms in total. The van der Waals surface area contributed by atoms with Gasteiger partial charge in [0.2, 0.25) is 0 Å². The van der Waals surface area contributed by atoms with E-state index in [1.807, 2.05) is 18.3 Å². The molecule has 0 fully saturated rings. The van der Waals surface area contributed by atoms with E-state index >= 15 is 0 Å². The molecule has 23 heavy (non-hydrogen) atoms. The van der Waals surface area contributed by atoms with E-state index < -0.39 is 0 Å². The third-order valence-electron chi connectivity index (χ3n) is 3.41. The first kappa shape index (κ1) is 17.4. The zero-order valence-corrected chi connectivity index (χ0v) is 14.8. The van der Waals surface area contributed by atoms with Gasteiger partial charge in [0.25, 0.3) is 0 Å². The van der Waals surface area contributed by atoms with E-state index in [-0.39, 0.29) is 12.0 Å². The minimum atomic E-state index is -0.358. The molecule has 0 saturated carbocycles. The number of nitrogens with one attached hydrogen (secondary N) is 1. The third kappa shape index (κ3) is 5.03. The Bertz CT molecular complexity index is 647. The van der Waals surface area contributed by atoms with Crippen molar-refractivity contribution in [1.82, 2.24) is 9.97 Å². The van der Waals surface area contributed by atoms with E-state index in [0.29, 0.717) is 18.0 Å². The maximum absolute atomic E-state index is 12.0. The molecular formula is C17H20BrN3O2. The highest BCUT2D eigenvalue weighted by Gasteiger charge is 2.16. The standard InChI is InChI=1S/C17H20BrN3O2/c1-3-13(10-12-7-8-15(18)20-11-12)21-16-14(6-5-9-19-16)17(22)23-4-2/h5-9,11,13H,3-4,10H2,1-2H3,(H,19,21). The third-order valence-corrected chi connectivity index (χ3v) is 3.88. The first-order valence-corrected chi connectivity index (χ1v) is 8.42. The fourth-order valence-corrected chi connectivity index (χ4v) is 2.43. The van der Waals surface area contributed by atoms with Gasteiger partial charge in [-0.25, -0.2) is 14.8 Å². The summed E-state index contributed by atoms with van der Waals surface area (Å²) in [5.74, 6) is 0.200. The zero-order chi connectivity index (χ0) is 16.7. The molecule has 1 atom stereocenters. The Hall–Kier alpha value is -1.95. The van der Waals surface area contributed by atoms with Crippen molar-refractivity contribution in [3.63, 3.8) is 0 Å². The number of halogens is 1. The predicted octanol–water partition coefficient (Wildman–Crippen LogP) is 3.85. The number of aromatic nitrogens is 2. The first-order valence-electron chi connectivity index (χ1n) is 7.63. The number of ether oxygens (including phenoxy) is 1. The summed E-state index contributed by atoms with van der Waals surface area (Å²) in [5, 5.41) is 3.35. The van der Waals surface area contributed by atoms with Gasteiger partial charge in [0.05, 0.1) is 6.61 Å². The second kappa shape index (κ2) is 8.62. The molecular weight excluding hydrogens is 358 g/mol. The highest BCUT2D eigenvalue weighted by Crippen LogP contribution is 2.17. The van der Waals surface area contributed by atoms with Gasteiger partial charge in [-0.15, -0.1) is 0 Å². The number of esters is 1. The highest BCUT2D eigenvalue weighted by molar-refractivity contribution is 9.10. The van der Waals surface area contributed by atoms with Gasteiger partial charge in [-0.2, -0.15) is 0 Å². The molecule has 0 aromatic carbocycles. The molecule has 0 radical (unpaired) electrons. The molecule has 2 heterocycles. The Labute approximate surface area is 144 Å². The van der Waals surface area contributed by atoms with E-state index in [4.69, 9.17) is 4.74 Å². The Morgan fingerprint density at radius 1 is 1.30 bits per heavy atom. The number of hydrogen-bond donors (Lipinski definition) is 1. The molecule has 1 N–H and O–H groups in total. The minimum Gasteiger partial charge on any atom is -0.462 e. The Morgan fingerprint density at radius 3 is 2.78 bits per heavy atom. The molecule has 1 unspecified atom stereocenters. The lowest BCUT2D eigenvalue weighted by molar-refractivity contribution is 0.0527. The van der Waals surface area contributed by atoms with Gasteiger partial charge in [-0.05, 0) is 59.5 Å². The van der Waals surface area contributed by atoms with Crippen LogP contribution in [0.25, 0.3) is 0 Å². The number of hydrogen-bond acceptors (Lipinski definition) is 5. The summed E-state index contributed by atoms with van der Waals surface area (Å²) in [6, 6.07) is 7.57. The number of rotatable bonds is 7. The van der Waals surface area contributed by atoms with E-state index in [9.17, 15) is 4.79 Å². The summed E-state index contributed by atoms with van der Waals surface area (Å²) in [6.07, 6.45) is 5.21. The minimum absolute atomic E-state index is 0.154. The first-order chi connectivity index (χ1) is 11.1. The van der Waals surface area contributed by atoms with Gasteiger partial charge in [0.1, 0.15) is 16.0 Å². The predicted molar refractivity (Wildman–Crippen MR) is 93.5 cm³/mol. The van der Waals surface area contributed by atoms with Gasteiger partial charge in [0, 0.05) is 18.4 Å². The number of anilines is 1. The SMILES string of the molecule is CCOC(=O)c1cccnc1NC(CC)Cc1ccc(Br)nc1. The largest absolute Gasteiger partial charge is 0.462 e. The van der Waals surface area contributed by atoms with Crippen LogP contribution in [0.15, 0.2) is 41.3 Å². The van der Waals surface area contributed by atoms with Crippen LogP contribution in [-0.4, -0.2) is 28.6 Å². The molecule has 0 amide bonds. The molecule has 0 bridgehead atoms. The van der Waals surface area contributed by atoms with Gasteiger partial charge in [-0.1, -0.05) is 13.0 Å². The van der Waals surface area contributed by atoms with Crippen LogP contribution in [0, 0.1) is 0 Å². The van der Waals surface area contributed by atoms with Crippen molar-refractivity contribution in [2.75, 3.05) is 11.9 Å². The molecule has 0 aliphatic rings. The average Bonchev–Trinajstić information content (AvgIpc) is 2.57. The Morgan fingerprint density at radius 2 is 2.13 bits per heavy atom. The molecule has 2 aromatic rings. The van der Waals surface area contributed by atoms with Crippen molar-refractivity contribution in [3.05, 3.63) is 52.4 Å². The molecule has 0 spiro atoms. The summed E-state index contributed by atoms with van der Waals surface area (Å²) in [4.78, 5) is 20.5. The quantitative estimate of drug-likeness (QED) is 0.586. The summed E-state index contributed by atoms with van der Waals surface area (Å²) >= 11 is 3.33. The molecule has 0 aliphatic heterocycles. The van der Waals surface area contributed by atoms with Crippen molar-refractivity contribution < 1.29 is 9.53 Å². The van der Waals surface area contributed by atoms with Crippen molar-refractivity contribution in [1.29, 1.82) is 0 Å². The van der Waals surface area contributed by atoms with Crippen LogP contribution < -0.4 is 5.32 Å². The molecule has 2 rings (SSSR count). The average molecular weight is 378 g/mol. The van der Waals surface area contributed by atoms with E-state index in [1.54, 1.807) is 25.3 Å². The van der Waals surface area contributed by atoms with Gasteiger partial charge >= 0.3 is 5.97 Å². The molecule has 122 valence electrons. The normalized spacial score (nSPS) is 11.8. The molecule has 0 aliphatic carbocycles. The number of nitrogens with zero attached hydrogens (tertiary/aromatic N) is 2. The Kier molecular flexibility index (Phi) is 6.52. The van der Waals surface area contributed by atoms with Crippen LogP contribution in [-0.2, 0) is 11.2 Å². The highest BCUT2D eigenvalue weighted by atomic mass is 79.9. The summed E-state index contributed by atoms with van der Waals surface area (Å²) in [7, 11) is 0. The second-order valence-electron chi connectivity index (χ2n) is 5.06. The van der Waals surface area contributed by atoms with Crippen molar-refractivity contribution in [3.8, 4) is 0 Å². The Balaban J connectivity index is 2.12. The van der Waals surface area contributed by atoms with Crippen molar-refractivity contribution in [2.24, 2.45) is 0 Å². The summed E-state index contributed by atoms with van der Waals surface area (Å²) < 4.78 is 5.90. The summed E-state index contributed by atoms with van der Waals surface area (Å²) in [5.41, 5.74) is 1.59. The van der Waals surface area contributed by atoms with Crippen LogP contribution in [0.3, 0.4) is 0 Å². The fraction of sp³-hybridized carbons (Fsp3) is 0.353. The van der Waals surface area contributed by atoms with E-state index in [2.05, 4.69) is 38.1 Å². The zero-order valence-electron chi connectivity index (χ0n) is 13.3.